The predicted molar refractivity (Wildman–Crippen MR) is 69.9 cm³/mol. The summed E-state index contributed by atoms with van der Waals surface area (Å²) in [6, 6.07) is 5.15. The average Bonchev–Trinajstić information content (AvgIpc) is 2.29. The Balaban J connectivity index is 2.25. The molecule has 1 aromatic rings. The molecule has 2 rings (SSSR count). The van der Waals surface area contributed by atoms with Gasteiger partial charge in [0.25, 0.3) is 5.69 Å². The fourth-order valence-corrected chi connectivity index (χ4v) is 2.38. The molecule has 0 unspecified atom stereocenters. The van der Waals surface area contributed by atoms with Crippen LogP contribution in [0.15, 0.2) is 18.2 Å². The van der Waals surface area contributed by atoms with Crippen LogP contribution in [0.1, 0.15) is 25.3 Å². The van der Waals surface area contributed by atoms with Crippen LogP contribution < -0.4 is 4.90 Å². The van der Waals surface area contributed by atoms with Crippen molar-refractivity contribution < 1.29 is 10.0 Å². The molecule has 18 heavy (non-hydrogen) atoms. The van der Waals surface area contributed by atoms with Crippen molar-refractivity contribution in [2.45, 2.75) is 32.3 Å². The molecule has 1 heterocycles. The highest BCUT2D eigenvalue weighted by molar-refractivity contribution is 5.61. The van der Waals surface area contributed by atoms with Crippen molar-refractivity contribution in [3.8, 4) is 0 Å². The number of nitrogens with zero attached hydrogens (tertiary/aromatic N) is 2. The molecule has 0 radical (unpaired) electrons. The van der Waals surface area contributed by atoms with Gasteiger partial charge in [0.2, 0.25) is 0 Å². The number of aliphatic hydroxyl groups is 1. The van der Waals surface area contributed by atoms with Crippen LogP contribution in [0.5, 0.6) is 0 Å². The number of benzene rings is 1. The van der Waals surface area contributed by atoms with E-state index in [2.05, 4.69) is 4.90 Å². The zero-order valence-corrected chi connectivity index (χ0v) is 10.7. The van der Waals surface area contributed by atoms with Crippen LogP contribution in [0, 0.1) is 17.0 Å². The standard InChI is InChI=1S/C13H18N2O3/c1-10-11(4-3-5-12(10)15(17)18)14-8-6-13(2,16)7-9-14/h3-5,16H,6-9H2,1-2H3. The quantitative estimate of drug-likeness (QED) is 0.645. The average molecular weight is 250 g/mol. The van der Waals surface area contributed by atoms with E-state index in [9.17, 15) is 15.2 Å². The Bertz CT molecular complexity index is 461. The second-order valence-corrected chi connectivity index (χ2v) is 5.16. The first-order valence-electron chi connectivity index (χ1n) is 6.12. The number of nitro benzene ring substituents is 1. The lowest BCUT2D eigenvalue weighted by atomic mass is 9.93. The first-order chi connectivity index (χ1) is 8.41. The van der Waals surface area contributed by atoms with Gasteiger partial charge in [-0.25, -0.2) is 0 Å². The smallest absolute Gasteiger partial charge is 0.274 e. The molecule has 5 heteroatoms. The molecule has 0 spiro atoms. The van der Waals surface area contributed by atoms with Crippen LogP contribution in [-0.2, 0) is 0 Å². The summed E-state index contributed by atoms with van der Waals surface area (Å²) in [5.41, 5.74) is 1.15. The van der Waals surface area contributed by atoms with Gasteiger partial charge in [-0.2, -0.15) is 0 Å². The molecule has 0 bridgehead atoms. The van der Waals surface area contributed by atoms with E-state index in [4.69, 9.17) is 0 Å². The lowest BCUT2D eigenvalue weighted by Crippen LogP contribution is -2.42. The normalized spacial score (nSPS) is 18.7. The SMILES string of the molecule is Cc1c(N2CCC(C)(O)CC2)cccc1[N+](=O)[O-]. The lowest BCUT2D eigenvalue weighted by Gasteiger charge is -2.37. The van der Waals surface area contributed by atoms with E-state index in [0.29, 0.717) is 18.4 Å². The highest BCUT2D eigenvalue weighted by Gasteiger charge is 2.28. The van der Waals surface area contributed by atoms with Crippen LogP contribution in [0.3, 0.4) is 0 Å². The number of nitro groups is 1. The van der Waals surface area contributed by atoms with E-state index in [1.54, 1.807) is 13.0 Å². The summed E-state index contributed by atoms with van der Waals surface area (Å²) in [5.74, 6) is 0. The molecule has 0 atom stereocenters. The van der Waals surface area contributed by atoms with Crippen molar-refractivity contribution in [2.75, 3.05) is 18.0 Å². The Morgan fingerprint density at radius 1 is 1.39 bits per heavy atom. The number of hydrogen-bond acceptors (Lipinski definition) is 4. The summed E-state index contributed by atoms with van der Waals surface area (Å²) < 4.78 is 0. The largest absolute Gasteiger partial charge is 0.390 e. The molecule has 5 nitrogen and oxygen atoms in total. The summed E-state index contributed by atoms with van der Waals surface area (Å²) in [4.78, 5) is 12.7. The molecule has 1 aliphatic rings. The van der Waals surface area contributed by atoms with E-state index in [-0.39, 0.29) is 10.6 Å². The third kappa shape index (κ3) is 2.46. The molecular formula is C13H18N2O3. The van der Waals surface area contributed by atoms with Crippen molar-refractivity contribution in [3.63, 3.8) is 0 Å². The number of hydrogen-bond donors (Lipinski definition) is 1. The molecule has 1 aromatic carbocycles. The highest BCUT2D eigenvalue weighted by Crippen LogP contribution is 2.32. The van der Waals surface area contributed by atoms with E-state index < -0.39 is 5.60 Å². The maximum atomic E-state index is 10.9. The van der Waals surface area contributed by atoms with Gasteiger partial charge in [0.05, 0.1) is 16.1 Å². The topological polar surface area (TPSA) is 66.6 Å². The highest BCUT2D eigenvalue weighted by atomic mass is 16.6. The lowest BCUT2D eigenvalue weighted by molar-refractivity contribution is -0.385. The van der Waals surface area contributed by atoms with Gasteiger partial charge in [-0.05, 0) is 32.8 Å². The summed E-state index contributed by atoms with van der Waals surface area (Å²) >= 11 is 0. The Morgan fingerprint density at radius 2 is 2.00 bits per heavy atom. The minimum atomic E-state index is -0.606. The second-order valence-electron chi connectivity index (χ2n) is 5.16. The molecular weight excluding hydrogens is 232 g/mol. The van der Waals surface area contributed by atoms with Crippen molar-refractivity contribution in [2.24, 2.45) is 0 Å². The summed E-state index contributed by atoms with van der Waals surface area (Å²) in [6.07, 6.45) is 1.38. The Kier molecular flexibility index (Phi) is 3.26. The van der Waals surface area contributed by atoms with Crippen LogP contribution >= 0.6 is 0 Å². The van der Waals surface area contributed by atoms with Crippen molar-refractivity contribution in [3.05, 3.63) is 33.9 Å². The third-order valence-electron chi connectivity index (χ3n) is 3.65. The number of piperidine rings is 1. The van der Waals surface area contributed by atoms with E-state index >= 15 is 0 Å². The van der Waals surface area contributed by atoms with Gasteiger partial charge in [-0.15, -0.1) is 0 Å². The van der Waals surface area contributed by atoms with Crippen LogP contribution in [0.2, 0.25) is 0 Å². The summed E-state index contributed by atoms with van der Waals surface area (Å²) in [6.45, 7) is 5.08. The first-order valence-corrected chi connectivity index (χ1v) is 6.12. The maximum absolute atomic E-state index is 10.9. The molecule has 98 valence electrons. The minimum Gasteiger partial charge on any atom is -0.390 e. The van der Waals surface area contributed by atoms with Crippen LogP contribution in [0.25, 0.3) is 0 Å². The molecule has 0 amide bonds. The van der Waals surface area contributed by atoms with Gasteiger partial charge in [0.1, 0.15) is 0 Å². The fourth-order valence-electron chi connectivity index (χ4n) is 2.38. The molecule has 0 saturated carbocycles. The summed E-state index contributed by atoms with van der Waals surface area (Å²) in [7, 11) is 0. The van der Waals surface area contributed by atoms with Crippen molar-refractivity contribution >= 4 is 11.4 Å². The van der Waals surface area contributed by atoms with Crippen molar-refractivity contribution in [1.82, 2.24) is 0 Å². The second kappa shape index (κ2) is 4.57. The third-order valence-corrected chi connectivity index (χ3v) is 3.65. The first kappa shape index (κ1) is 12.8. The molecule has 0 aromatic heterocycles. The Labute approximate surface area is 106 Å². The van der Waals surface area contributed by atoms with Gasteiger partial charge >= 0.3 is 0 Å². The Morgan fingerprint density at radius 3 is 2.56 bits per heavy atom. The molecule has 1 N–H and O–H groups in total. The van der Waals surface area contributed by atoms with E-state index in [1.165, 1.54) is 6.07 Å². The maximum Gasteiger partial charge on any atom is 0.274 e. The van der Waals surface area contributed by atoms with Gasteiger partial charge in [0.15, 0.2) is 0 Å². The van der Waals surface area contributed by atoms with Gasteiger partial charge in [-0.1, -0.05) is 6.07 Å². The van der Waals surface area contributed by atoms with Crippen molar-refractivity contribution in [1.29, 1.82) is 0 Å². The number of anilines is 1. The Hall–Kier alpha value is -1.62. The predicted octanol–water partition coefficient (Wildman–Crippen LogP) is 2.25. The minimum absolute atomic E-state index is 0.157. The van der Waals surface area contributed by atoms with Crippen LogP contribution in [0.4, 0.5) is 11.4 Å². The van der Waals surface area contributed by atoms with Crippen LogP contribution in [-0.4, -0.2) is 28.7 Å². The van der Waals surface area contributed by atoms with Gasteiger partial charge < -0.3 is 10.0 Å². The van der Waals surface area contributed by atoms with E-state index in [1.807, 2.05) is 13.0 Å². The monoisotopic (exact) mass is 250 g/mol. The zero-order chi connectivity index (χ0) is 13.3. The van der Waals surface area contributed by atoms with Gasteiger partial charge in [0, 0.05) is 24.8 Å². The zero-order valence-electron chi connectivity index (χ0n) is 10.7. The van der Waals surface area contributed by atoms with Gasteiger partial charge in [-0.3, -0.25) is 10.1 Å². The summed E-state index contributed by atoms with van der Waals surface area (Å²) in [5, 5.41) is 20.8. The molecule has 1 aliphatic heterocycles. The molecule has 0 aliphatic carbocycles. The molecule has 1 saturated heterocycles. The fraction of sp³-hybridized carbons (Fsp3) is 0.538. The molecule has 1 fully saturated rings. The number of rotatable bonds is 2. The van der Waals surface area contributed by atoms with E-state index in [0.717, 1.165) is 18.8 Å².